The van der Waals surface area contributed by atoms with Crippen molar-refractivity contribution in [2.75, 3.05) is 23.8 Å². The van der Waals surface area contributed by atoms with Crippen molar-refractivity contribution < 1.29 is 0 Å². The van der Waals surface area contributed by atoms with Crippen LogP contribution in [0.25, 0.3) is 0 Å². The van der Waals surface area contributed by atoms with Gasteiger partial charge in [0, 0.05) is 29.6 Å². The van der Waals surface area contributed by atoms with Crippen LogP contribution in [0.3, 0.4) is 0 Å². The molecule has 0 amide bonds. The second kappa shape index (κ2) is 6.87. The normalized spacial score (nSPS) is 22.1. The minimum atomic E-state index is 0.440. The molecule has 2 rings (SSSR count). The molecule has 0 aliphatic carbocycles. The van der Waals surface area contributed by atoms with Crippen LogP contribution in [-0.4, -0.2) is 38.8 Å². The summed E-state index contributed by atoms with van der Waals surface area (Å²) in [6.45, 7) is 5.48. The van der Waals surface area contributed by atoms with Gasteiger partial charge in [-0.15, -0.1) is 0 Å². The second-order valence-electron chi connectivity index (χ2n) is 4.75. The van der Waals surface area contributed by atoms with E-state index in [1.807, 2.05) is 10.9 Å². The van der Waals surface area contributed by atoms with Gasteiger partial charge in [-0.05, 0) is 25.5 Å². The van der Waals surface area contributed by atoms with Crippen molar-refractivity contribution in [3.8, 4) is 0 Å². The molecule has 1 aromatic rings. The van der Waals surface area contributed by atoms with E-state index >= 15 is 0 Å². The Morgan fingerprint density at radius 3 is 2.94 bits per heavy atom. The van der Waals surface area contributed by atoms with Gasteiger partial charge in [0.1, 0.15) is 0 Å². The molecular weight excluding hydrogens is 262 g/mol. The second-order valence-corrected chi connectivity index (χ2v) is 7.25. The number of hydrogen-bond donors (Lipinski definition) is 1. The number of nitrogens with zero attached hydrogens (tertiary/aromatic N) is 2. The highest BCUT2D eigenvalue weighted by Crippen LogP contribution is 2.34. The van der Waals surface area contributed by atoms with E-state index in [9.17, 15) is 0 Å². The fraction of sp³-hybridized carbons (Fsp3) is 0.769. The maximum absolute atomic E-state index is 4.40. The summed E-state index contributed by atoms with van der Waals surface area (Å²) in [5.74, 6) is 3.82. The smallest absolute Gasteiger partial charge is 0.0623 e. The van der Waals surface area contributed by atoms with Crippen LogP contribution in [0.5, 0.6) is 0 Å². The SMILES string of the molecule is CCCNC(c1c(C)cnn1C)C1CSCCS1. The Bertz CT molecular complexity index is 353. The van der Waals surface area contributed by atoms with Crippen molar-refractivity contribution in [3.63, 3.8) is 0 Å². The monoisotopic (exact) mass is 285 g/mol. The molecule has 1 fully saturated rings. The summed E-state index contributed by atoms with van der Waals surface area (Å²) < 4.78 is 2.04. The van der Waals surface area contributed by atoms with E-state index in [1.54, 1.807) is 0 Å². The highest BCUT2D eigenvalue weighted by molar-refractivity contribution is 8.06. The number of thioether (sulfide) groups is 2. The first kappa shape index (κ1) is 14.3. The lowest BCUT2D eigenvalue weighted by molar-refractivity contribution is 0.492. The molecule has 0 spiro atoms. The molecule has 18 heavy (non-hydrogen) atoms. The first-order valence-corrected chi connectivity index (χ1v) is 8.85. The first-order chi connectivity index (χ1) is 8.74. The molecule has 1 aliphatic heterocycles. The minimum absolute atomic E-state index is 0.440. The van der Waals surface area contributed by atoms with E-state index in [-0.39, 0.29) is 0 Å². The van der Waals surface area contributed by atoms with Crippen molar-refractivity contribution in [1.82, 2.24) is 15.1 Å². The summed E-state index contributed by atoms with van der Waals surface area (Å²) in [5, 5.41) is 8.80. The van der Waals surface area contributed by atoms with Crippen LogP contribution in [0.2, 0.25) is 0 Å². The van der Waals surface area contributed by atoms with Crippen LogP contribution in [0.4, 0.5) is 0 Å². The van der Waals surface area contributed by atoms with Gasteiger partial charge in [-0.1, -0.05) is 6.92 Å². The van der Waals surface area contributed by atoms with Crippen molar-refractivity contribution in [2.45, 2.75) is 31.6 Å². The molecule has 2 atom stereocenters. The van der Waals surface area contributed by atoms with Crippen molar-refractivity contribution >= 4 is 23.5 Å². The third kappa shape index (κ3) is 3.25. The Labute approximate surface area is 118 Å². The number of aromatic nitrogens is 2. The lowest BCUT2D eigenvalue weighted by atomic mass is 10.1. The zero-order valence-electron chi connectivity index (χ0n) is 11.5. The van der Waals surface area contributed by atoms with Crippen LogP contribution in [0.15, 0.2) is 6.20 Å². The molecule has 3 nitrogen and oxygen atoms in total. The number of aryl methyl sites for hydroxylation is 2. The lowest BCUT2D eigenvalue weighted by Gasteiger charge is -2.31. The molecule has 1 aliphatic rings. The predicted molar refractivity (Wildman–Crippen MR) is 82.6 cm³/mol. The molecule has 1 N–H and O–H groups in total. The summed E-state index contributed by atoms with van der Waals surface area (Å²) in [7, 11) is 2.06. The highest BCUT2D eigenvalue weighted by Gasteiger charge is 2.28. The Hall–Kier alpha value is -0.130. The fourth-order valence-corrected chi connectivity index (χ4v) is 5.25. The van der Waals surface area contributed by atoms with Gasteiger partial charge in [-0.3, -0.25) is 4.68 Å². The molecule has 0 radical (unpaired) electrons. The van der Waals surface area contributed by atoms with Gasteiger partial charge in [0.2, 0.25) is 0 Å². The van der Waals surface area contributed by atoms with Crippen molar-refractivity contribution in [2.24, 2.45) is 7.05 Å². The maximum atomic E-state index is 4.40. The zero-order valence-corrected chi connectivity index (χ0v) is 13.1. The average Bonchev–Trinajstić information content (AvgIpc) is 2.72. The van der Waals surface area contributed by atoms with E-state index in [1.165, 1.54) is 34.9 Å². The number of rotatable bonds is 5. The molecule has 0 bridgehead atoms. The molecule has 5 heteroatoms. The van der Waals surface area contributed by atoms with Crippen LogP contribution < -0.4 is 5.32 Å². The third-order valence-electron chi connectivity index (χ3n) is 3.30. The topological polar surface area (TPSA) is 29.9 Å². The van der Waals surface area contributed by atoms with E-state index in [2.05, 4.69) is 54.8 Å². The molecule has 0 saturated carbocycles. The van der Waals surface area contributed by atoms with Gasteiger partial charge in [0.15, 0.2) is 0 Å². The molecule has 0 aromatic carbocycles. The Morgan fingerprint density at radius 2 is 2.39 bits per heavy atom. The fourth-order valence-electron chi connectivity index (χ4n) is 2.41. The Kier molecular flexibility index (Phi) is 5.45. The highest BCUT2D eigenvalue weighted by atomic mass is 32.2. The predicted octanol–water partition coefficient (Wildman–Crippen LogP) is 2.62. The van der Waals surface area contributed by atoms with Crippen molar-refractivity contribution in [1.29, 1.82) is 0 Å². The summed E-state index contributed by atoms with van der Waals surface area (Å²) in [5.41, 5.74) is 2.67. The standard InChI is InChI=1S/C13H23N3S2/c1-4-5-14-12(11-9-17-6-7-18-11)13-10(2)8-15-16(13)3/h8,11-12,14H,4-7,9H2,1-3H3. The van der Waals surface area contributed by atoms with Crippen LogP contribution >= 0.6 is 23.5 Å². The van der Waals surface area contributed by atoms with E-state index in [0.717, 1.165) is 6.54 Å². The van der Waals surface area contributed by atoms with E-state index in [4.69, 9.17) is 0 Å². The van der Waals surface area contributed by atoms with Gasteiger partial charge in [0.05, 0.1) is 17.9 Å². The summed E-state index contributed by atoms with van der Waals surface area (Å²) in [4.78, 5) is 0. The maximum Gasteiger partial charge on any atom is 0.0623 e. The zero-order chi connectivity index (χ0) is 13.0. The van der Waals surface area contributed by atoms with Gasteiger partial charge in [-0.2, -0.15) is 28.6 Å². The Morgan fingerprint density at radius 1 is 1.56 bits per heavy atom. The van der Waals surface area contributed by atoms with Gasteiger partial charge < -0.3 is 5.32 Å². The number of hydrogen-bond acceptors (Lipinski definition) is 4. The average molecular weight is 285 g/mol. The van der Waals surface area contributed by atoms with Crippen LogP contribution in [-0.2, 0) is 7.05 Å². The van der Waals surface area contributed by atoms with E-state index < -0.39 is 0 Å². The van der Waals surface area contributed by atoms with Crippen LogP contribution in [0, 0.1) is 6.92 Å². The minimum Gasteiger partial charge on any atom is -0.308 e. The molecule has 2 heterocycles. The lowest BCUT2D eigenvalue weighted by Crippen LogP contribution is -2.36. The number of nitrogens with one attached hydrogen (secondary N) is 1. The van der Waals surface area contributed by atoms with Gasteiger partial charge in [0.25, 0.3) is 0 Å². The van der Waals surface area contributed by atoms with Crippen molar-refractivity contribution in [3.05, 3.63) is 17.5 Å². The molecule has 2 unspecified atom stereocenters. The summed E-state index contributed by atoms with van der Waals surface area (Å²) >= 11 is 4.20. The molecule has 1 saturated heterocycles. The van der Waals surface area contributed by atoms with Gasteiger partial charge >= 0.3 is 0 Å². The molecule has 1 aromatic heterocycles. The first-order valence-electron chi connectivity index (χ1n) is 6.65. The largest absolute Gasteiger partial charge is 0.308 e. The van der Waals surface area contributed by atoms with Crippen LogP contribution in [0.1, 0.15) is 30.6 Å². The molecule has 102 valence electrons. The summed E-state index contributed by atoms with van der Waals surface area (Å²) in [6.07, 6.45) is 3.16. The Balaban J connectivity index is 2.18. The third-order valence-corrected chi connectivity index (χ3v) is 6.16. The molecular formula is C13H23N3S2. The van der Waals surface area contributed by atoms with Gasteiger partial charge in [-0.25, -0.2) is 0 Å². The van der Waals surface area contributed by atoms with E-state index in [0.29, 0.717) is 11.3 Å². The summed E-state index contributed by atoms with van der Waals surface area (Å²) in [6, 6.07) is 0.440. The quantitative estimate of drug-likeness (QED) is 0.901.